The van der Waals surface area contributed by atoms with Gasteiger partial charge < -0.3 is 4.57 Å². The molecule has 0 saturated heterocycles. The normalized spacial score (nSPS) is 10.9. The Hall–Kier alpha value is -2.35. The minimum absolute atomic E-state index is 0.876. The predicted molar refractivity (Wildman–Crippen MR) is 91.2 cm³/mol. The minimum Gasteiger partial charge on any atom is -0.330 e. The fourth-order valence-electron chi connectivity index (χ4n) is 2.84. The van der Waals surface area contributed by atoms with E-state index in [9.17, 15) is 0 Å². The van der Waals surface area contributed by atoms with Crippen LogP contribution in [0.25, 0.3) is 0 Å². The number of aromatic nitrogens is 2. The molecule has 2 aromatic carbocycles. The molecule has 0 saturated carbocycles. The van der Waals surface area contributed by atoms with E-state index in [-0.39, 0.29) is 0 Å². The topological polar surface area (TPSA) is 17.8 Å². The maximum atomic E-state index is 4.35. The van der Waals surface area contributed by atoms with Gasteiger partial charge in [-0.15, -0.1) is 0 Å². The monoisotopic (exact) mass is 290 g/mol. The molecule has 0 bridgehead atoms. The van der Waals surface area contributed by atoms with E-state index < -0.39 is 0 Å². The molecule has 0 aliphatic rings. The van der Waals surface area contributed by atoms with Gasteiger partial charge in [-0.25, -0.2) is 4.98 Å². The van der Waals surface area contributed by atoms with Crippen molar-refractivity contribution in [3.63, 3.8) is 0 Å². The first kappa shape index (κ1) is 14.6. The Balaban J connectivity index is 1.85. The first-order valence-corrected chi connectivity index (χ1v) is 7.73. The quantitative estimate of drug-likeness (QED) is 0.694. The summed E-state index contributed by atoms with van der Waals surface area (Å²) in [5.74, 6) is 0. The second-order valence-corrected chi connectivity index (χ2v) is 6.05. The highest BCUT2D eigenvalue weighted by Gasteiger charge is 2.08. The van der Waals surface area contributed by atoms with Crippen LogP contribution in [0.1, 0.15) is 33.5 Å². The van der Waals surface area contributed by atoms with Gasteiger partial charge >= 0.3 is 0 Å². The predicted octanol–water partition coefficient (Wildman–Crippen LogP) is 4.45. The molecule has 1 heterocycles. The first-order valence-electron chi connectivity index (χ1n) is 7.73. The summed E-state index contributed by atoms with van der Waals surface area (Å²) in [7, 11) is 0. The van der Waals surface area contributed by atoms with E-state index in [0.717, 1.165) is 13.0 Å². The molecule has 0 amide bonds. The van der Waals surface area contributed by atoms with Gasteiger partial charge in [0.1, 0.15) is 0 Å². The average molecular weight is 290 g/mol. The van der Waals surface area contributed by atoms with Crippen molar-refractivity contribution in [1.29, 1.82) is 0 Å². The second-order valence-electron chi connectivity index (χ2n) is 6.05. The fraction of sp³-hybridized carbons (Fsp3) is 0.250. The second kappa shape index (κ2) is 6.18. The summed E-state index contributed by atoms with van der Waals surface area (Å²) < 4.78 is 2.25. The number of hydrogen-bond donors (Lipinski definition) is 0. The molecule has 0 spiro atoms. The van der Waals surface area contributed by atoms with Crippen LogP contribution in [0, 0.1) is 20.8 Å². The Bertz CT molecular complexity index is 746. The van der Waals surface area contributed by atoms with E-state index >= 15 is 0 Å². The number of rotatable bonds is 4. The molecule has 112 valence electrons. The summed E-state index contributed by atoms with van der Waals surface area (Å²) >= 11 is 0. The van der Waals surface area contributed by atoms with Crippen molar-refractivity contribution >= 4 is 0 Å². The molecule has 0 atom stereocenters. The highest BCUT2D eigenvalue weighted by molar-refractivity contribution is 5.36. The lowest BCUT2D eigenvalue weighted by Gasteiger charge is -2.12. The molecule has 0 N–H and O–H groups in total. The fourth-order valence-corrected chi connectivity index (χ4v) is 2.84. The summed E-state index contributed by atoms with van der Waals surface area (Å²) in [5.41, 5.74) is 7.98. The summed E-state index contributed by atoms with van der Waals surface area (Å²) in [6.07, 6.45) is 4.85. The van der Waals surface area contributed by atoms with E-state index in [1.807, 2.05) is 12.5 Å². The zero-order chi connectivity index (χ0) is 15.5. The molecule has 0 unspecified atom stereocenters. The molecule has 22 heavy (non-hydrogen) atoms. The van der Waals surface area contributed by atoms with Crippen LogP contribution in [0.5, 0.6) is 0 Å². The molecular weight excluding hydrogens is 268 g/mol. The lowest BCUT2D eigenvalue weighted by molar-refractivity contribution is 0.751. The molecule has 2 heteroatoms. The van der Waals surface area contributed by atoms with Gasteiger partial charge in [-0.05, 0) is 43.0 Å². The van der Waals surface area contributed by atoms with Crippen LogP contribution >= 0.6 is 0 Å². The van der Waals surface area contributed by atoms with Gasteiger partial charge in [0.05, 0.1) is 6.33 Å². The lowest BCUT2D eigenvalue weighted by Crippen LogP contribution is -2.05. The van der Waals surface area contributed by atoms with Crippen molar-refractivity contribution in [3.8, 4) is 0 Å². The Kier molecular flexibility index (Phi) is 4.10. The molecular formula is C20H22N2. The maximum Gasteiger partial charge on any atom is 0.0951 e. The minimum atomic E-state index is 0.876. The van der Waals surface area contributed by atoms with Crippen LogP contribution in [0.15, 0.2) is 55.0 Å². The third-order valence-electron chi connectivity index (χ3n) is 4.27. The van der Waals surface area contributed by atoms with Gasteiger partial charge in [-0.3, -0.25) is 0 Å². The molecule has 0 fully saturated rings. The number of hydrogen-bond acceptors (Lipinski definition) is 1. The highest BCUT2D eigenvalue weighted by Crippen LogP contribution is 2.18. The molecule has 3 rings (SSSR count). The van der Waals surface area contributed by atoms with Crippen molar-refractivity contribution in [1.82, 2.24) is 9.55 Å². The van der Waals surface area contributed by atoms with Crippen molar-refractivity contribution in [2.75, 3.05) is 0 Å². The van der Waals surface area contributed by atoms with Crippen LogP contribution in [0.3, 0.4) is 0 Å². The Labute approximate surface area is 132 Å². The largest absolute Gasteiger partial charge is 0.330 e. The van der Waals surface area contributed by atoms with E-state index in [1.54, 1.807) is 0 Å². The number of imidazole rings is 1. The Morgan fingerprint density at radius 2 is 1.59 bits per heavy atom. The van der Waals surface area contributed by atoms with Crippen LogP contribution in [0.4, 0.5) is 0 Å². The number of nitrogens with zero attached hydrogens (tertiary/aromatic N) is 2. The summed E-state index contributed by atoms with van der Waals surface area (Å²) in [5, 5.41) is 0. The van der Waals surface area contributed by atoms with Crippen molar-refractivity contribution in [2.24, 2.45) is 0 Å². The maximum absolute atomic E-state index is 4.35. The van der Waals surface area contributed by atoms with Gasteiger partial charge in [-0.2, -0.15) is 0 Å². The van der Waals surface area contributed by atoms with Crippen LogP contribution in [-0.4, -0.2) is 9.55 Å². The van der Waals surface area contributed by atoms with E-state index in [4.69, 9.17) is 0 Å². The number of benzene rings is 2. The molecule has 1 aromatic heterocycles. The van der Waals surface area contributed by atoms with Gasteiger partial charge in [0.2, 0.25) is 0 Å². The zero-order valence-electron chi connectivity index (χ0n) is 13.5. The van der Waals surface area contributed by atoms with Crippen LogP contribution in [0.2, 0.25) is 0 Å². The Morgan fingerprint density at radius 3 is 2.27 bits per heavy atom. The Morgan fingerprint density at radius 1 is 0.909 bits per heavy atom. The van der Waals surface area contributed by atoms with E-state index in [2.05, 4.69) is 72.8 Å². The van der Waals surface area contributed by atoms with Gasteiger partial charge in [0.25, 0.3) is 0 Å². The molecule has 0 aliphatic heterocycles. The zero-order valence-corrected chi connectivity index (χ0v) is 13.5. The average Bonchev–Trinajstić information content (AvgIpc) is 2.93. The van der Waals surface area contributed by atoms with Crippen molar-refractivity contribution in [3.05, 3.63) is 88.5 Å². The highest BCUT2D eigenvalue weighted by atomic mass is 15.0. The van der Waals surface area contributed by atoms with E-state index in [1.165, 1.54) is 33.5 Å². The standard InChI is InChI=1S/C20H22N2/c1-15-7-9-18(10-8-15)13-22-14-21-12-19(22)11-20-16(2)5-4-6-17(20)3/h4-10,12,14H,11,13H2,1-3H3. The van der Waals surface area contributed by atoms with E-state index in [0.29, 0.717) is 0 Å². The summed E-state index contributed by atoms with van der Waals surface area (Å²) in [6.45, 7) is 7.36. The van der Waals surface area contributed by atoms with Gasteiger partial charge in [-0.1, -0.05) is 48.0 Å². The SMILES string of the molecule is Cc1ccc(Cn2cncc2Cc2c(C)cccc2C)cc1. The van der Waals surface area contributed by atoms with Gasteiger partial charge in [0.15, 0.2) is 0 Å². The van der Waals surface area contributed by atoms with Crippen molar-refractivity contribution < 1.29 is 0 Å². The van der Waals surface area contributed by atoms with Gasteiger partial charge in [0, 0.05) is 24.9 Å². The molecule has 0 radical (unpaired) electrons. The number of aryl methyl sites for hydroxylation is 3. The smallest absolute Gasteiger partial charge is 0.0951 e. The van der Waals surface area contributed by atoms with Crippen LogP contribution in [-0.2, 0) is 13.0 Å². The summed E-state index contributed by atoms with van der Waals surface area (Å²) in [4.78, 5) is 4.35. The summed E-state index contributed by atoms with van der Waals surface area (Å²) in [6, 6.07) is 15.2. The third-order valence-corrected chi connectivity index (χ3v) is 4.27. The first-order chi connectivity index (χ1) is 10.6. The molecule has 2 nitrogen and oxygen atoms in total. The lowest BCUT2D eigenvalue weighted by atomic mass is 9.99. The molecule has 0 aliphatic carbocycles. The van der Waals surface area contributed by atoms with Crippen molar-refractivity contribution in [2.45, 2.75) is 33.7 Å². The molecule has 3 aromatic rings. The van der Waals surface area contributed by atoms with Crippen LogP contribution < -0.4 is 0 Å². The third kappa shape index (κ3) is 3.11.